The van der Waals surface area contributed by atoms with Crippen LogP contribution in [0.2, 0.25) is 0 Å². The predicted octanol–water partition coefficient (Wildman–Crippen LogP) is 4.50. The molecule has 1 atom stereocenters. The summed E-state index contributed by atoms with van der Waals surface area (Å²) in [5, 5.41) is 10.3. The van der Waals surface area contributed by atoms with Crippen molar-refractivity contribution in [1.82, 2.24) is 0 Å². The minimum absolute atomic E-state index is 0.521. The van der Waals surface area contributed by atoms with E-state index in [-0.39, 0.29) is 0 Å². The highest BCUT2D eigenvalue weighted by molar-refractivity contribution is 9.11. The van der Waals surface area contributed by atoms with Crippen molar-refractivity contribution in [3.05, 3.63) is 62.5 Å². The normalized spacial score (nSPS) is 12.2. The highest BCUT2D eigenvalue weighted by atomic mass is 79.9. The van der Waals surface area contributed by atoms with Crippen molar-refractivity contribution in [2.45, 2.75) is 12.5 Å². The third kappa shape index (κ3) is 3.81. The Morgan fingerprint density at radius 1 is 1.11 bits per heavy atom. The third-order valence-electron chi connectivity index (χ3n) is 2.88. The molecule has 2 aromatic carbocycles. The molecule has 4 heteroatoms. The van der Waals surface area contributed by atoms with E-state index in [2.05, 4.69) is 31.9 Å². The number of aliphatic hydroxyl groups excluding tert-OH is 1. The van der Waals surface area contributed by atoms with Crippen LogP contribution in [0, 0.1) is 0 Å². The summed E-state index contributed by atoms with van der Waals surface area (Å²) in [6.45, 7) is 0. The lowest BCUT2D eigenvalue weighted by Gasteiger charge is -2.14. The van der Waals surface area contributed by atoms with E-state index in [4.69, 9.17) is 4.74 Å². The van der Waals surface area contributed by atoms with E-state index in [0.29, 0.717) is 6.42 Å². The van der Waals surface area contributed by atoms with Crippen LogP contribution in [0.5, 0.6) is 5.75 Å². The molecular weight excluding hydrogens is 372 g/mol. The molecule has 2 nitrogen and oxygen atoms in total. The molecule has 19 heavy (non-hydrogen) atoms. The maximum absolute atomic E-state index is 10.3. The van der Waals surface area contributed by atoms with Crippen LogP contribution in [-0.2, 0) is 6.42 Å². The van der Waals surface area contributed by atoms with Gasteiger partial charge in [0.1, 0.15) is 5.75 Å². The summed E-state index contributed by atoms with van der Waals surface area (Å²) < 4.78 is 7.18. The number of benzene rings is 2. The van der Waals surface area contributed by atoms with Crippen molar-refractivity contribution >= 4 is 31.9 Å². The second-order valence-corrected chi connectivity index (χ2v) is 6.07. The Morgan fingerprint density at radius 2 is 1.74 bits per heavy atom. The molecule has 2 aromatic rings. The molecule has 0 radical (unpaired) electrons. The van der Waals surface area contributed by atoms with E-state index in [1.54, 1.807) is 7.11 Å². The van der Waals surface area contributed by atoms with Crippen LogP contribution in [0.15, 0.2) is 51.4 Å². The number of methoxy groups -OCH3 is 1. The van der Waals surface area contributed by atoms with Crippen molar-refractivity contribution in [3.8, 4) is 5.75 Å². The SMILES string of the molecule is COc1ccccc1CC(O)c1cc(Br)cc(Br)c1. The number of halogens is 2. The predicted molar refractivity (Wildman–Crippen MR) is 83.5 cm³/mol. The number of hydrogen-bond acceptors (Lipinski definition) is 2. The van der Waals surface area contributed by atoms with Crippen molar-refractivity contribution < 1.29 is 9.84 Å². The standard InChI is InChI=1S/C15H14Br2O2/c1-19-15-5-3-2-4-10(15)8-14(18)11-6-12(16)9-13(17)7-11/h2-7,9,14,18H,8H2,1H3. The van der Waals surface area contributed by atoms with Gasteiger partial charge in [-0.1, -0.05) is 50.1 Å². The van der Waals surface area contributed by atoms with Gasteiger partial charge in [-0.15, -0.1) is 0 Å². The van der Waals surface area contributed by atoms with Crippen LogP contribution in [0.4, 0.5) is 0 Å². The van der Waals surface area contributed by atoms with Gasteiger partial charge in [-0.05, 0) is 35.4 Å². The topological polar surface area (TPSA) is 29.5 Å². The van der Waals surface area contributed by atoms with Gasteiger partial charge >= 0.3 is 0 Å². The first-order chi connectivity index (χ1) is 9.10. The molecular formula is C15H14Br2O2. The molecule has 2 rings (SSSR count). The molecule has 0 spiro atoms. The average molecular weight is 386 g/mol. The highest BCUT2D eigenvalue weighted by Gasteiger charge is 2.12. The average Bonchev–Trinajstić information content (AvgIpc) is 2.38. The van der Waals surface area contributed by atoms with Crippen LogP contribution in [-0.4, -0.2) is 12.2 Å². The smallest absolute Gasteiger partial charge is 0.122 e. The first-order valence-electron chi connectivity index (χ1n) is 5.86. The van der Waals surface area contributed by atoms with E-state index < -0.39 is 6.10 Å². The van der Waals surface area contributed by atoms with Crippen molar-refractivity contribution in [2.75, 3.05) is 7.11 Å². The summed E-state index contributed by atoms with van der Waals surface area (Å²) in [6.07, 6.45) is -0.0440. The number of rotatable bonds is 4. The summed E-state index contributed by atoms with van der Waals surface area (Å²) in [5.74, 6) is 0.801. The van der Waals surface area contributed by atoms with Gasteiger partial charge in [-0.3, -0.25) is 0 Å². The van der Waals surface area contributed by atoms with Crippen molar-refractivity contribution in [3.63, 3.8) is 0 Å². The summed E-state index contributed by atoms with van der Waals surface area (Å²) >= 11 is 6.86. The lowest BCUT2D eigenvalue weighted by Crippen LogP contribution is -2.03. The Balaban J connectivity index is 2.22. The highest BCUT2D eigenvalue weighted by Crippen LogP contribution is 2.28. The molecule has 0 saturated heterocycles. The molecule has 1 N–H and O–H groups in total. The number of aliphatic hydroxyl groups is 1. The van der Waals surface area contributed by atoms with Gasteiger partial charge in [0.15, 0.2) is 0 Å². The fourth-order valence-corrected chi connectivity index (χ4v) is 3.29. The van der Waals surface area contributed by atoms with E-state index in [0.717, 1.165) is 25.8 Å². The fraction of sp³-hybridized carbons (Fsp3) is 0.200. The lowest BCUT2D eigenvalue weighted by molar-refractivity contribution is 0.177. The summed E-state index contributed by atoms with van der Waals surface area (Å²) in [5.41, 5.74) is 1.86. The minimum atomic E-state index is -0.565. The summed E-state index contributed by atoms with van der Waals surface area (Å²) in [4.78, 5) is 0. The third-order valence-corrected chi connectivity index (χ3v) is 3.79. The lowest BCUT2D eigenvalue weighted by atomic mass is 10.0. The molecule has 0 amide bonds. The maximum Gasteiger partial charge on any atom is 0.122 e. The number of ether oxygens (including phenoxy) is 1. The van der Waals surface area contributed by atoms with Crippen LogP contribution in [0.1, 0.15) is 17.2 Å². The van der Waals surface area contributed by atoms with Gasteiger partial charge in [-0.2, -0.15) is 0 Å². The fourth-order valence-electron chi connectivity index (χ4n) is 1.97. The molecule has 0 bridgehead atoms. The van der Waals surface area contributed by atoms with Crippen molar-refractivity contribution in [2.24, 2.45) is 0 Å². The molecule has 0 heterocycles. The van der Waals surface area contributed by atoms with E-state index in [1.807, 2.05) is 42.5 Å². The minimum Gasteiger partial charge on any atom is -0.496 e. The Hall–Kier alpha value is -0.840. The Bertz CT molecular complexity index is 550. The van der Waals surface area contributed by atoms with Crippen LogP contribution >= 0.6 is 31.9 Å². The van der Waals surface area contributed by atoms with E-state index >= 15 is 0 Å². The van der Waals surface area contributed by atoms with Gasteiger partial charge < -0.3 is 9.84 Å². The zero-order valence-corrected chi connectivity index (χ0v) is 13.6. The Labute approximate surface area is 129 Å². The first-order valence-corrected chi connectivity index (χ1v) is 7.44. The van der Waals surface area contributed by atoms with E-state index in [1.165, 1.54) is 0 Å². The van der Waals surface area contributed by atoms with Crippen LogP contribution in [0.3, 0.4) is 0 Å². The second-order valence-electron chi connectivity index (χ2n) is 4.23. The summed E-state index contributed by atoms with van der Waals surface area (Å²) in [7, 11) is 1.64. The molecule has 0 aliphatic heterocycles. The molecule has 0 aliphatic carbocycles. The maximum atomic E-state index is 10.3. The largest absolute Gasteiger partial charge is 0.496 e. The molecule has 0 saturated carbocycles. The molecule has 0 aliphatic rings. The molecule has 0 fully saturated rings. The van der Waals surface area contributed by atoms with Crippen molar-refractivity contribution in [1.29, 1.82) is 0 Å². The number of para-hydroxylation sites is 1. The van der Waals surface area contributed by atoms with E-state index in [9.17, 15) is 5.11 Å². The van der Waals surface area contributed by atoms with Gasteiger partial charge in [-0.25, -0.2) is 0 Å². The zero-order chi connectivity index (χ0) is 13.8. The molecule has 1 unspecified atom stereocenters. The van der Waals surface area contributed by atoms with Gasteiger partial charge in [0, 0.05) is 15.4 Å². The second kappa shape index (κ2) is 6.55. The first kappa shape index (κ1) is 14.6. The molecule has 0 aromatic heterocycles. The van der Waals surface area contributed by atoms with Gasteiger partial charge in [0.2, 0.25) is 0 Å². The van der Waals surface area contributed by atoms with Gasteiger partial charge in [0.05, 0.1) is 13.2 Å². The van der Waals surface area contributed by atoms with Crippen LogP contribution < -0.4 is 4.74 Å². The Kier molecular flexibility index (Phi) is 5.02. The summed E-state index contributed by atoms with van der Waals surface area (Å²) in [6, 6.07) is 13.5. The quantitative estimate of drug-likeness (QED) is 0.839. The number of hydrogen-bond donors (Lipinski definition) is 1. The monoisotopic (exact) mass is 384 g/mol. The van der Waals surface area contributed by atoms with Gasteiger partial charge in [0.25, 0.3) is 0 Å². The zero-order valence-electron chi connectivity index (χ0n) is 10.4. The molecule has 100 valence electrons. The Morgan fingerprint density at radius 3 is 2.37 bits per heavy atom. The van der Waals surface area contributed by atoms with Crippen LogP contribution in [0.25, 0.3) is 0 Å².